The van der Waals surface area contributed by atoms with Gasteiger partial charge in [0.1, 0.15) is 6.29 Å². The fourth-order valence-corrected chi connectivity index (χ4v) is 0.683. The van der Waals surface area contributed by atoms with E-state index in [1.54, 1.807) is 0 Å². The predicted octanol–water partition coefficient (Wildman–Crippen LogP) is 0.457. The van der Waals surface area contributed by atoms with Gasteiger partial charge in [0.25, 0.3) is 0 Å². The Bertz CT molecular complexity index is 119. The van der Waals surface area contributed by atoms with Crippen molar-refractivity contribution in [2.24, 2.45) is 5.73 Å². The van der Waals surface area contributed by atoms with E-state index in [0.29, 0.717) is 6.42 Å². The molecule has 78 valence electrons. The quantitative estimate of drug-likeness (QED) is 0.618. The van der Waals surface area contributed by atoms with Crippen molar-refractivity contribution in [3.8, 4) is 0 Å². The van der Waals surface area contributed by atoms with Crippen LogP contribution < -0.4 is 11.1 Å². The lowest BCUT2D eigenvalue weighted by Gasteiger charge is -1.80. The fourth-order valence-electron chi connectivity index (χ4n) is 0.683. The molecule has 1 heterocycles. The summed E-state index contributed by atoms with van der Waals surface area (Å²) in [7, 11) is 1.50. The van der Waals surface area contributed by atoms with Crippen LogP contribution in [0.1, 0.15) is 32.6 Å². The van der Waals surface area contributed by atoms with E-state index in [4.69, 9.17) is 0 Å². The standard InChI is InChI=1S/C4H7NO.C4H8O.CH5N/c6-4-2-1-3-5-4;1-2-3-4-5;1-2/h1-3H2,(H,5,6);4H,2-3H2,1H3;2H2,1H3. The van der Waals surface area contributed by atoms with Crippen LogP contribution in [0.2, 0.25) is 0 Å². The number of carbonyl (C=O) groups excluding carboxylic acids is 2. The van der Waals surface area contributed by atoms with Crippen molar-refractivity contribution in [3.63, 3.8) is 0 Å². The van der Waals surface area contributed by atoms with E-state index < -0.39 is 0 Å². The molecule has 0 aromatic carbocycles. The first kappa shape index (κ1) is 14.6. The van der Waals surface area contributed by atoms with Crippen molar-refractivity contribution in [1.82, 2.24) is 5.32 Å². The summed E-state index contributed by atoms with van der Waals surface area (Å²) in [6.07, 6.45) is 4.38. The van der Waals surface area contributed by atoms with Crippen LogP contribution in [0.25, 0.3) is 0 Å². The fraction of sp³-hybridized carbons (Fsp3) is 0.778. The highest BCUT2D eigenvalue weighted by molar-refractivity contribution is 5.77. The van der Waals surface area contributed by atoms with E-state index in [0.717, 1.165) is 32.1 Å². The van der Waals surface area contributed by atoms with Gasteiger partial charge in [-0.25, -0.2) is 0 Å². The molecule has 0 saturated carbocycles. The number of rotatable bonds is 2. The molecule has 1 saturated heterocycles. The van der Waals surface area contributed by atoms with E-state index in [1.165, 1.54) is 7.05 Å². The third kappa shape index (κ3) is 14.0. The molecule has 0 unspecified atom stereocenters. The van der Waals surface area contributed by atoms with Crippen LogP contribution in [0.5, 0.6) is 0 Å². The van der Waals surface area contributed by atoms with Gasteiger partial charge in [0, 0.05) is 19.4 Å². The van der Waals surface area contributed by atoms with Gasteiger partial charge in [-0.1, -0.05) is 6.92 Å². The highest BCUT2D eigenvalue weighted by Crippen LogP contribution is 1.93. The summed E-state index contributed by atoms with van der Waals surface area (Å²) >= 11 is 0. The van der Waals surface area contributed by atoms with Gasteiger partial charge in [0.15, 0.2) is 0 Å². The van der Waals surface area contributed by atoms with Gasteiger partial charge in [-0.15, -0.1) is 0 Å². The minimum absolute atomic E-state index is 0.204. The zero-order valence-corrected chi connectivity index (χ0v) is 8.51. The molecule has 4 nitrogen and oxygen atoms in total. The third-order valence-corrected chi connectivity index (χ3v) is 1.31. The summed E-state index contributed by atoms with van der Waals surface area (Å²) < 4.78 is 0. The number of nitrogens with two attached hydrogens (primary N) is 1. The summed E-state index contributed by atoms with van der Waals surface area (Å²) in [6, 6.07) is 0. The predicted molar refractivity (Wildman–Crippen MR) is 53.3 cm³/mol. The number of carbonyl (C=O) groups is 2. The molecule has 0 aromatic rings. The molecule has 1 aliphatic rings. The SMILES string of the molecule is CCCC=O.CN.O=C1CCCN1. The van der Waals surface area contributed by atoms with Crippen LogP contribution in [0.15, 0.2) is 0 Å². The highest BCUT2D eigenvalue weighted by Gasteiger charge is 2.05. The Morgan fingerprint density at radius 1 is 1.54 bits per heavy atom. The third-order valence-electron chi connectivity index (χ3n) is 1.31. The maximum Gasteiger partial charge on any atom is 0.220 e. The lowest BCUT2D eigenvalue weighted by molar-refractivity contribution is -0.119. The molecule has 1 fully saturated rings. The average Bonchev–Trinajstić information content (AvgIpc) is 2.62. The van der Waals surface area contributed by atoms with E-state index in [9.17, 15) is 9.59 Å². The Balaban J connectivity index is 0. The van der Waals surface area contributed by atoms with Crippen molar-refractivity contribution in [3.05, 3.63) is 0 Å². The van der Waals surface area contributed by atoms with Crippen molar-refractivity contribution >= 4 is 12.2 Å². The molecule has 4 heteroatoms. The normalized spacial score (nSPS) is 13.0. The summed E-state index contributed by atoms with van der Waals surface area (Å²) in [6.45, 7) is 2.87. The molecule has 1 amide bonds. The Morgan fingerprint density at radius 3 is 2.23 bits per heavy atom. The number of aldehydes is 1. The Morgan fingerprint density at radius 2 is 2.15 bits per heavy atom. The van der Waals surface area contributed by atoms with Crippen LogP contribution in [-0.4, -0.2) is 25.8 Å². The van der Waals surface area contributed by atoms with Crippen LogP contribution in [0.4, 0.5) is 0 Å². The molecule has 0 aliphatic carbocycles. The first-order valence-electron chi connectivity index (χ1n) is 4.59. The second kappa shape index (κ2) is 13.7. The largest absolute Gasteiger partial charge is 0.356 e. The molecule has 0 bridgehead atoms. The van der Waals surface area contributed by atoms with Gasteiger partial charge in [-0.2, -0.15) is 0 Å². The Hall–Kier alpha value is -0.900. The number of nitrogens with one attached hydrogen (secondary N) is 1. The van der Waals surface area contributed by atoms with Gasteiger partial charge in [-0.05, 0) is 19.9 Å². The zero-order chi connectivity index (χ0) is 10.5. The van der Waals surface area contributed by atoms with E-state index >= 15 is 0 Å². The topological polar surface area (TPSA) is 72.2 Å². The lowest BCUT2D eigenvalue weighted by Crippen LogP contribution is -2.12. The second-order valence-electron chi connectivity index (χ2n) is 2.41. The van der Waals surface area contributed by atoms with Crippen LogP contribution in [0, 0.1) is 0 Å². The highest BCUT2D eigenvalue weighted by atomic mass is 16.1. The Kier molecular flexibility index (Phi) is 15.4. The summed E-state index contributed by atoms with van der Waals surface area (Å²) in [5, 5.41) is 2.68. The number of hydrogen-bond donors (Lipinski definition) is 2. The summed E-state index contributed by atoms with van der Waals surface area (Å²) in [5.41, 5.74) is 4.50. The molecule has 13 heavy (non-hydrogen) atoms. The zero-order valence-electron chi connectivity index (χ0n) is 8.51. The van der Waals surface area contributed by atoms with Crippen LogP contribution in [-0.2, 0) is 9.59 Å². The van der Waals surface area contributed by atoms with E-state index in [1.807, 2.05) is 6.92 Å². The van der Waals surface area contributed by atoms with Crippen LogP contribution in [0.3, 0.4) is 0 Å². The van der Waals surface area contributed by atoms with Crippen LogP contribution >= 0.6 is 0 Å². The van der Waals surface area contributed by atoms with Gasteiger partial charge >= 0.3 is 0 Å². The summed E-state index contributed by atoms with van der Waals surface area (Å²) in [4.78, 5) is 19.5. The lowest BCUT2D eigenvalue weighted by atomic mass is 10.4. The first-order valence-corrected chi connectivity index (χ1v) is 4.59. The van der Waals surface area contributed by atoms with Crippen molar-refractivity contribution in [2.75, 3.05) is 13.6 Å². The maximum absolute atomic E-state index is 10.1. The van der Waals surface area contributed by atoms with E-state index in [-0.39, 0.29) is 5.91 Å². The smallest absolute Gasteiger partial charge is 0.220 e. The van der Waals surface area contributed by atoms with Gasteiger partial charge in [0.2, 0.25) is 5.91 Å². The van der Waals surface area contributed by atoms with E-state index in [2.05, 4.69) is 11.1 Å². The molecule has 0 radical (unpaired) electrons. The molecule has 0 atom stereocenters. The minimum Gasteiger partial charge on any atom is -0.356 e. The minimum atomic E-state index is 0.204. The molecular weight excluding hydrogens is 168 g/mol. The van der Waals surface area contributed by atoms with Crippen molar-refractivity contribution in [2.45, 2.75) is 32.6 Å². The monoisotopic (exact) mass is 188 g/mol. The number of unbranched alkanes of at least 4 members (excludes halogenated alkanes) is 1. The molecule has 0 spiro atoms. The molecule has 1 aliphatic heterocycles. The van der Waals surface area contributed by atoms with Crippen molar-refractivity contribution < 1.29 is 9.59 Å². The second-order valence-corrected chi connectivity index (χ2v) is 2.41. The first-order chi connectivity index (χ1) is 6.31. The van der Waals surface area contributed by atoms with Crippen molar-refractivity contribution in [1.29, 1.82) is 0 Å². The molecule has 0 aromatic heterocycles. The Labute approximate surface area is 79.9 Å². The molecule has 3 N–H and O–H groups in total. The average molecular weight is 188 g/mol. The molecule has 1 rings (SSSR count). The van der Waals surface area contributed by atoms with Gasteiger partial charge in [0.05, 0.1) is 0 Å². The summed E-state index contributed by atoms with van der Waals surface area (Å²) in [5.74, 6) is 0.204. The maximum atomic E-state index is 10.1. The van der Waals surface area contributed by atoms with Gasteiger partial charge in [-0.3, -0.25) is 4.79 Å². The number of amides is 1. The number of hydrogen-bond acceptors (Lipinski definition) is 3. The molecular formula is C9H20N2O2. The van der Waals surface area contributed by atoms with Gasteiger partial charge < -0.3 is 15.8 Å².